The predicted octanol–water partition coefficient (Wildman–Crippen LogP) is 2.38. The van der Waals surface area contributed by atoms with Crippen molar-refractivity contribution < 1.29 is 9.59 Å². The van der Waals surface area contributed by atoms with Gasteiger partial charge in [-0.25, -0.2) is 0 Å². The monoisotopic (exact) mass is 315 g/mol. The predicted molar refractivity (Wildman–Crippen MR) is 92.1 cm³/mol. The van der Waals surface area contributed by atoms with E-state index in [0.29, 0.717) is 19.5 Å². The molecule has 2 aromatic rings. The third-order valence-electron chi connectivity index (χ3n) is 3.71. The van der Waals surface area contributed by atoms with E-state index >= 15 is 0 Å². The Balaban J connectivity index is 1.70. The molecule has 124 valence electrons. The Morgan fingerprint density at radius 2 is 1.83 bits per heavy atom. The summed E-state index contributed by atoms with van der Waals surface area (Å²) in [4.78, 5) is 26.7. The van der Waals surface area contributed by atoms with Crippen molar-refractivity contribution in [3.8, 4) is 0 Å². The van der Waals surface area contributed by atoms with Crippen LogP contribution in [0.15, 0.2) is 30.5 Å². The van der Waals surface area contributed by atoms with Crippen LogP contribution in [0.2, 0.25) is 0 Å². The van der Waals surface area contributed by atoms with Crippen LogP contribution in [0.25, 0.3) is 10.9 Å². The van der Waals surface area contributed by atoms with Crippen LogP contribution in [-0.4, -0.2) is 29.9 Å². The van der Waals surface area contributed by atoms with E-state index in [-0.39, 0.29) is 11.8 Å². The SMILES string of the molecule is CC(C)(C)C(=O)NCCC(=O)NCCc1c[nH]c2ccccc12. The molecule has 5 nitrogen and oxygen atoms in total. The summed E-state index contributed by atoms with van der Waals surface area (Å²) in [5.41, 5.74) is 1.88. The van der Waals surface area contributed by atoms with Crippen LogP contribution < -0.4 is 10.6 Å². The molecule has 0 atom stereocenters. The topological polar surface area (TPSA) is 74.0 Å². The molecule has 0 radical (unpaired) electrons. The molecule has 0 aliphatic rings. The Labute approximate surface area is 136 Å². The number of benzene rings is 1. The fraction of sp³-hybridized carbons (Fsp3) is 0.444. The van der Waals surface area contributed by atoms with Gasteiger partial charge in [0, 0.05) is 42.0 Å². The third kappa shape index (κ3) is 4.84. The van der Waals surface area contributed by atoms with Crippen LogP contribution in [0.3, 0.4) is 0 Å². The zero-order valence-electron chi connectivity index (χ0n) is 14.0. The number of amides is 2. The summed E-state index contributed by atoms with van der Waals surface area (Å²) in [7, 11) is 0. The van der Waals surface area contributed by atoms with E-state index in [0.717, 1.165) is 11.9 Å². The van der Waals surface area contributed by atoms with Gasteiger partial charge in [0.25, 0.3) is 0 Å². The summed E-state index contributed by atoms with van der Waals surface area (Å²) in [5.74, 6) is -0.0804. The van der Waals surface area contributed by atoms with E-state index in [2.05, 4.69) is 21.7 Å². The van der Waals surface area contributed by atoms with Crippen molar-refractivity contribution in [2.75, 3.05) is 13.1 Å². The maximum atomic E-state index is 11.8. The molecule has 0 unspecified atom stereocenters. The number of hydrogen-bond donors (Lipinski definition) is 3. The van der Waals surface area contributed by atoms with Crippen LogP contribution in [0.4, 0.5) is 0 Å². The number of rotatable bonds is 6. The molecule has 3 N–H and O–H groups in total. The highest BCUT2D eigenvalue weighted by atomic mass is 16.2. The minimum absolute atomic E-state index is 0.0379. The Kier molecular flexibility index (Phi) is 5.42. The Morgan fingerprint density at radius 1 is 1.09 bits per heavy atom. The molecular formula is C18H25N3O2. The molecule has 0 aliphatic carbocycles. The van der Waals surface area contributed by atoms with Crippen molar-refractivity contribution in [1.29, 1.82) is 0 Å². The van der Waals surface area contributed by atoms with Gasteiger partial charge in [0.15, 0.2) is 0 Å². The van der Waals surface area contributed by atoms with Crippen molar-refractivity contribution in [2.45, 2.75) is 33.6 Å². The number of carbonyl (C=O) groups is 2. The van der Waals surface area contributed by atoms with Gasteiger partial charge >= 0.3 is 0 Å². The van der Waals surface area contributed by atoms with Crippen molar-refractivity contribution in [3.63, 3.8) is 0 Å². The number of aromatic nitrogens is 1. The van der Waals surface area contributed by atoms with E-state index < -0.39 is 5.41 Å². The molecule has 1 heterocycles. The first kappa shape index (κ1) is 17.1. The van der Waals surface area contributed by atoms with Gasteiger partial charge in [0.1, 0.15) is 0 Å². The van der Waals surface area contributed by atoms with Gasteiger partial charge in [-0.2, -0.15) is 0 Å². The highest BCUT2D eigenvalue weighted by Crippen LogP contribution is 2.17. The van der Waals surface area contributed by atoms with Crippen LogP contribution in [0, 0.1) is 5.41 Å². The molecule has 0 saturated carbocycles. The van der Waals surface area contributed by atoms with Crippen molar-refractivity contribution in [2.24, 2.45) is 5.41 Å². The zero-order valence-corrected chi connectivity index (χ0v) is 14.0. The minimum atomic E-state index is -0.425. The highest BCUT2D eigenvalue weighted by Gasteiger charge is 2.20. The molecule has 1 aromatic heterocycles. The van der Waals surface area contributed by atoms with Crippen LogP contribution in [-0.2, 0) is 16.0 Å². The standard InChI is InChI=1S/C18H25N3O2/c1-18(2,3)17(23)20-11-9-16(22)19-10-8-13-12-21-15-7-5-4-6-14(13)15/h4-7,12,21H,8-11H2,1-3H3,(H,19,22)(H,20,23). The maximum Gasteiger partial charge on any atom is 0.225 e. The lowest BCUT2D eigenvalue weighted by molar-refractivity contribution is -0.128. The smallest absolute Gasteiger partial charge is 0.225 e. The van der Waals surface area contributed by atoms with Crippen molar-refractivity contribution >= 4 is 22.7 Å². The van der Waals surface area contributed by atoms with Gasteiger partial charge in [-0.05, 0) is 18.1 Å². The normalized spacial score (nSPS) is 11.4. The summed E-state index contributed by atoms with van der Waals surface area (Å²) in [5, 5.41) is 6.86. The van der Waals surface area contributed by atoms with E-state index in [4.69, 9.17) is 0 Å². The van der Waals surface area contributed by atoms with Gasteiger partial charge in [0.05, 0.1) is 0 Å². The Hall–Kier alpha value is -2.30. The maximum absolute atomic E-state index is 11.8. The number of fused-ring (bicyclic) bond motifs is 1. The van der Waals surface area contributed by atoms with Gasteiger partial charge in [-0.15, -0.1) is 0 Å². The van der Waals surface area contributed by atoms with E-state index in [9.17, 15) is 9.59 Å². The molecule has 2 amide bonds. The van der Waals surface area contributed by atoms with E-state index in [1.54, 1.807) is 0 Å². The number of aromatic amines is 1. The minimum Gasteiger partial charge on any atom is -0.361 e. The molecule has 0 spiro atoms. The summed E-state index contributed by atoms with van der Waals surface area (Å²) in [6.45, 7) is 6.51. The quantitative estimate of drug-likeness (QED) is 0.765. The number of nitrogens with one attached hydrogen (secondary N) is 3. The summed E-state index contributed by atoms with van der Waals surface area (Å²) >= 11 is 0. The molecular weight excluding hydrogens is 290 g/mol. The van der Waals surface area contributed by atoms with Gasteiger partial charge < -0.3 is 15.6 Å². The van der Waals surface area contributed by atoms with Gasteiger partial charge in [-0.3, -0.25) is 9.59 Å². The van der Waals surface area contributed by atoms with Crippen LogP contribution in [0.5, 0.6) is 0 Å². The molecule has 23 heavy (non-hydrogen) atoms. The summed E-state index contributed by atoms with van der Waals surface area (Å²) in [6, 6.07) is 8.12. The number of para-hydroxylation sites is 1. The van der Waals surface area contributed by atoms with E-state index in [1.807, 2.05) is 45.2 Å². The second-order valence-corrected chi connectivity index (χ2v) is 6.72. The lowest BCUT2D eigenvalue weighted by atomic mass is 9.96. The second-order valence-electron chi connectivity index (χ2n) is 6.72. The molecule has 0 aliphatic heterocycles. The average molecular weight is 315 g/mol. The molecule has 0 fully saturated rings. The second kappa shape index (κ2) is 7.31. The first-order valence-electron chi connectivity index (χ1n) is 7.98. The first-order chi connectivity index (χ1) is 10.9. The average Bonchev–Trinajstić information content (AvgIpc) is 2.90. The fourth-order valence-electron chi connectivity index (χ4n) is 2.32. The lowest BCUT2D eigenvalue weighted by Gasteiger charge is -2.17. The number of carbonyl (C=O) groups excluding carboxylic acids is 2. The zero-order chi connectivity index (χ0) is 16.9. The van der Waals surface area contributed by atoms with Crippen LogP contribution in [0.1, 0.15) is 32.8 Å². The third-order valence-corrected chi connectivity index (χ3v) is 3.71. The lowest BCUT2D eigenvalue weighted by Crippen LogP contribution is -2.37. The number of hydrogen-bond acceptors (Lipinski definition) is 2. The summed E-state index contributed by atoms with van der Waals surface area (Å²) < 4.78 is 0. The number of H-pyrrole nitrogens is 1. The molecule has 0 bridgehead atoms. The first-order valence-corrected chi connectivity index (χ1v) is 7.98. The molecule has 0 saturated heterocycles. The Bertz CT molecular complexity index is 683. The van der Waals surface area contributed by atoms with Gasteiger partial charge in [-0.1, -0.05) is 39.0 Å². The van der Waals surface area contributed by atoms with Crippen molar-refractivity contribution in [3.05, 3.63) is 36.0 Å². The Morgan fingerprint density at radius 3 is 2.57 bits per heavy atom. The summed E-state index contributed by atoms with van der Waals surface area (Å²) in [6.07, 6.45) is 3.07. The highest BCUT2D eigenvalue weighted by molar-refractivity contribution is 5.83. The molecule has 1 aromatic carbocycles. The largest absolute Gasteiger partial charge is 0.361 e. The van der Waals surface area contributed by atoms with Crippen LogP contribution >= 0.6 is 0 Å². The van der Waals surface area contributed by atoms with Crippen molar-refractivity contribution in [1.82, 2.24) is 15.6 Å². The molecule has 2 rings (SSSR count). The fourth-order valence-corrected chi connectivity index (χ4v) is 2.32. The van der Waals surface area contributed by atoms with E-state index in [1.165, 1.54) is 10.9 Å². The molecule has 5 heteroatoms. The van der Waals surface area contributed by atoms with Gasteiger partial charge in [0.2, 0.25) is 11.8 Å².